The highest BCUT2D eigenvalue weighted by Gasteiger charge is 2.46. The van der Waals surface area contributed by atoms with Gasteiger partial charge in [-0.3, -0.25) is 4.79 Å². The van der Waals surface area contributed by atoms with Crippen LogP contribution in [0.4, 0.5) is 0 Å². The molecular weight excluding hydrogens is 478 g/mol. The van der Waals surface area contributed by atoms with Gasteiger partial charge in [-0.05, 0) is 53.8 Å². The summed E-state index contributed by atoms with van der Waals surface area (Å²) in [6.07, 6.45) is 1.48. The largest absolute Gasteiger partial charge is 0.464 e. The highest BCUT2D eigenvalue weighted by Crippen LogP contribution is 2.32. The van der Waals surface area contributed by atoms with Gasteiger partial charge in [-0.1, -0.05) is 84.4 Å². The molecule has 1 N–H and O–H groups in total. The fourth-order valence-electron chi connectivity index (χ4n) is 4.20. The Morgan fingerprint density at radius 1 is 0.939 bits per heavy atom. The molecule has 1 aliphatic carbocycles. The van der Waals surface area contributed by atoms with Crippen LogP contribution in [0.25, 0.3) is 0 Å². The summed E-state index contributed by atoms with van der Waals surface area (Å²) in [7, 11) is 0. The van der Waals surface area contributed by atoms with Gasteiger partial charge >= 0.3 is 5.97 Å². The van der Waals surface area contributed by atoms with E-state index in [1.165, 1.54) is 0 Å². The SMILES string of the molecule is CC.CCOC(=O)C1(NC(=O)c2ccc(Br)cc2Cc2ccccc2)Cc2ccccc2C1. The smallest absolute Gasteiger partial charge is 0.332 e. The molecule has 33 heavy (non-hydrogen) atoms. The molecule has 0 aromatic heterocycles. The molecule has 0 saturated heterocycles. The molecule has 0 bridgehead atoms. The number of ether oxygens (including phenoxy) is 1. The van der Waals surface area contributed by atoms with E-state index in [-0.39, 0.29) is 18.5 Å². The molecule has 0 radical (unpaired) electrons. The molecule has 1 amide bonds. The topological polar surface area (TPSA) is 55.4 Å². The van der Waals surface area contributed by atoms with Crippen LogP contribution in [-0.4, -0.2) is 24.0 Å². The monoisotopic (exact) mass is 507 g/mol. The van der Waals surface area contributed by atoms with Gasteiger partial charge in [0.25, 0.3) is 5.91 Å². The van der Waals surface area contributed by atoms with Crippen molar-refractivity contribution in [3.63, 3.8) is 0 Å². The molecule has 0 aliphatic heterocycles. The van der Waals surface area contributed by atoms with Gasteiger partial charge < -0.3 is 10.1 Å². The number of halogens is 1. The summed E-state index contributed by atoms with van der Waals surface area (Å²) in [5.41, 5.74) is 3.61. The molecule has 0 saturated carbocycles. The number of esters is 1. The van der Waals surface area contributed by atoms with Crippen LogP contribution >= 0.6 is 15.9 Å². The lowest BCUT2D eigenvalue weighted by Gasteiger charge is -2.28. The second-order valence-electron chi connectivity index (χ2n) is 7.84. The van der Waals surface area contributed by atoms with Gasteiger partial charge in [-0.25, -0.2) is 4.79 Å². The predicted octanol–water partition coefficient (Wildman–Crippen LogP) is 5.90. The molecule has 3 aromatic carbocycles. The van der Waals surface area contributed by atoms with Crippen molar-refractivity contribution in [3.8, 4) is 0 Å². The first kappa shape index (κ1) is 24.7. The molecule has 4 nitrogen and oxygen atoms in total. The number of hydrogen-bond donors (Lipinski definition) is 1. The number of hydrogen-bond acceptors (Lipinski definition) is 3. The first-order valence-corrected chi connectivity index (χ1v) is 12.2. The van der Waals surface area contributed by atoms with E-state index in [1.54, 1.807) is 13.0 Å². The van der Waals surface area contributed by atoms with E-state index >= 15 is 0 Å². The van der Waals surface area contributed by atoms with Gasteiger partial charge in [0, 0.05) is 22.9 Å². The zero-order chi connectivity index (χ0) is 23.8. The molecule has 0 fully saturated rings. The Bertz CT molecular complexity index is 1090. The van der Waals surface area contributed by atoms with Crippen LogP contribution < -0.4 is 5.32 Å². The second-order valence-corrected chi connectivity index (χ2v) is 8.76. The van der Waals surface area contributed by atoms with Crippen molar-refractivity contribution in [2.75, 3.05) is 6.61 Å². The van der Waals surface area contributed by atoms with Crippen molar-refractivity contribution in [1.82, 2.24) is 5.32 Å². The van der Waals surface area contributed by atoms with Crippen LogP contribution in [0.3, 0.4) is 0 Å². The van der Waals surface area contributed by atoms with E-state index in [4.69, 9.17) is 4.74 Å². The average molecular weight is 508 g/mol. The summed E-state index contributed by atoms with van der Waals surface area (Å²) in [4.78, 5) is 26.4. The van der Waals surface area contributed by atoms with Crippen molar-refractivity contribution in [1.29, 1.82) is 0 Å². The number of fused-ring (bicyclic) bond motifs is 1. The maximum absolute atomic E-state index is 13.5. The molecule has 0 spiro atoms. The van der Waals surface area contributed by atoms with Crippen LogP contribution in [0.1, 0.15) is 53.4 Å². The molecule has 0 atom stereocenters. The molecule has 1 aliphatic rings. The number of amides is 1. The molecular formula is C28H30BrNO3. The standard InChI is InChI=1S/C26H24BrNO3.C2H6/c1-2-31-25(30)26(16-19-10-6-7-11-20(19)17-26)28-24(29)23-13-12-22(27)15-21(23)14-18-8-4-3-5-9-18;1-2/h3-13,15H,2,14,16-17H2,1H3,(H,28,29);1-2H3. The van der Waals surface area contributed by atoms with Gasteiger partial charge in [0.1, 0.15) is 5.54 Å². The number of carbonyl (C=O) groups is 2. The molecule has 5 heteroatoms. The minimum atomic E-state index is -1.09. The Morgan fingerprint density at radius 2 is 1.55 bits per heavy atom. The van der Waals surface area contributed by atoms with E-state index < -0.39 is 5.54 Å². The van der Waals surface area contributed by atoms with Crippen LogP contribution in [0, 0.1) is 0 Å². The normalized spacial score (nSPS) is 13.3. The summed E-state index contributed by atoms with van der Waals surface area (Å²) < 4.78 is 6.29. The van der Waals surface area contributed by atoms with E-state index in [0.29, 0.717) is 24.8 Å². The Morgan fingerprint density at radius 3 is 2.15 bits per heavy atom. The van der Waals surface area contributed by atoms with Gasteiger partial charge in [0.15, 0.2) is 0 Å². The zero-order valence-corrected chi connectivity index (χ0v) is 20.9. The van der Waals surface area contributed by atoms with Crippen molar-refractivity contribution < 1.29 is 14.3 Å². The molecule has 0 heterocycles. The lowest BCUT2D eigenvalue weighted by Crippen LogP contribution is -2.56. The quantitative estimate of drug-likeness (QED) is 0.422. The fourth-order valence-corrected chi connectivity index (χ4v) is 4.61. The third-order valence-electron chi connectivity index (χ3n) is 5.67. The lowest BCUT2D eigenvalue weighted by atomic mass is 9.93. The lowest BCUT2D eigenvalue weighted by molar-refractivity contribution is -0.150. The summed E-state index contributed by atoms with van der Waals surface area (Å²) >= 11 is 3.51. The van der Waals surface area contributed by atoms with Crippen LogP contribution in [0.15, 0.2) is 77.3 Å². The highest BCUT2D eigenvalue weighted by molar-refractivity contribution is 9.10. The first-order valence-electron chi connectivity index (χ1n) is 11.4. The molecule has 172 valence electrons. The number of carbonyl (C=O) groups excluding carboxylic acids is 2. The highest BCUT2D eigenvalue weighted by atomic mass is 79.9. The third kappa shape index (κ3) is 5.72. The predicted molar refractivity (Wildman–Crippen MR) is 135 cm³/mol. The number of benzene rings is 3. The Labute approximate surface area is 204 Å². The van der Waals surface area contributed by atoms with Crippen molar-refractivity contribution in [2.24, 2.45) is 0 Å². The van der Waals surface area contributed by atoms with Crippen LogP contribution in [0.2, 0.25) is 0 Å². The maximum Gasteiger partial charge on any atom is 0.332 e. The van der Waals surface area contributed by atoms with Crippen molar-refractivity contribution in [3.05, 3.63) is 105 Å². The number of nitrogens with one attached hydrogen (secondary N) is 1. The van der Waals surface area contributed by atoms with E-state index in [2.05, 4.69) is 21.2 Å². The van der Waals surface area contributed by atoms with Gasteiger partial charge in [-0.2, -0.15) is 0 Å². The Balaban J connectivity index is 0.00000149. The second kappa shape index (κ2) is 11.3. The Kier molecular flexibility index (Phi) is 8.45. The van der Waals surface area contributed by atoms with Gasteiger partial charge in [0.2, 0.25) is 0 Å². The average Bonchev–Trinajstić information content (AvgIpc) is 3.20. The van der Waals surface area contributed by atoms with Gasteiger partial charge in [0.05, 0.1) is 6.61 Å². The van der Waals surface area contributed by atoms with Crippen LogP contribution in [0.5, 0.6) is 0 Å². The van der Waals surface area contributed by atoms with E-state index in [9.17, 15) is 9.59 Å². The fraction of sp³-hybridized carbons (Fsp3) is 0.286. The Hall–Kier alpha value is -2.92. The van der Waals surface area contributed by atoms with Crippen molar-refractivity contribution in [2.45, 2.75) is 45.6 Å². The zero-order valence-electron chi connectivity index (χ0n) is 19.4. The maximum atomic E-state index is 13.5. The van der Waals surface area contributed by atoms with Crippen LogP contribution in [-0.2, 0) is 28.8 Å². The minimum Gasteiger partial charge on any atom is -0.464 e. The number of rotatable bonds is 6. The summed E-state index contributed by atoms with van der Waals surface area (Å²) in [5, 5.41) is 3.06. The summed E-state index contributed by atoms with van der Waals surface area (Å²) in [5.74, 6) is -0.652. The van der Waals surface area contributed by atoms with E-state index in [0.717, 1.165) is 26.7 Å². The third-order valence-corrected chi connectivity index (χ3v) is 6.16. The molecule has 4 rings (SSSR count). The van der Waals surface area contributed by atoms with E-state index in [1.807, 2.05) is 80.6 Å². The molecule has 3 aromatic rings. The first-order chi connectivity index (χ1) is 16.0. The summed E-state index contributed by atoms with van der Waals surface area (Å²) in [6, 6.07) is 23.5. The molecule has 0 unspecified atom stereocenters. The summed E-state index contributed by atoms with van der Waals surface area (Å²) in [6.45, 7) is 6.05. The minimum absolute atomic E-state index is 0.265. The van der Waals surface area contributed by atoms with Gasteiger partial charge in [-0.15, -0.1) is 0 Å². The van der Waals surface area contributed by atoms with Crippen molar-refractivity contribution >= 4 is 27.8 Å².